The van der Waals surface area contributed by atoms with Crippen LogP contribution in [-0.4, -0.2) is 36.1 Å². The number of aromatic nitrogens is 2. The highest BCUT2D eigenvalue weighted by atomic mass is 79.9. The van der Waals surface area contributed by atoms with Crippen LogP contribution >= 0.6 is 27.3 Å². The average Bonchev–Trinajstić information content (AvgIpc) is 3.01. The molecule has 5 nitrogen and oxygen atoms in total. The van der Waals surface area contributed by atoms with Crippen LogP contribution in [0.4, 0.5) is 0 Å². The summed E-state index contributed by atoms with van der Waals surface area (Å²) in [5.41, 5.74) is 3.23. The maximum atomic E-state index is 12.5. The summed E-state index contributed by atoms with van der Waals surface area (Å²) in [6, 6.07) is 3.39. The third-order valence-electron chi connectivity index (χ3n) is 3.72. The smallest absolute Gasteiger partial charge is 0.252 e. The van der Waals surface area contributed by atoms with Crippen LogP contribution in [0, 0.1) is 13.8 Å². The Morgan fingerprint density at radius 3 is 2.55 bits per heavy atom. The van der Waals surface area contributed by atoms with Gasteiger partial charge in [-0.25, -0.2) is 8.42 Å². The van der Waals surface area contributed by atoms with Crippen LogP contribution in [-0.2, 0) is 23.0 Å². The lowest BCUT2D eigenvalue weighted by atomic mass is 10.1. The Bertz CT molecular complexity index is 765. The van der Waals surface area contributed by atoms with E-state index in [1.165, 1.54) is 15.6 Å². The molecular weight excluding hydrogens is 386 g/mol. The predicted octanol–water partition coefficient (Wildman–Crippen LogP) is 3.21. The fourth-order valence-corrected chi connectivity index (χ4v) is 5.78. The molecule has 2 rings (SSSR count). The van der Waals surface area contributed by atoms with Crippen molar-refractivity contribution >= 4 is 37.3 Å². The van der Waals surface area contributed by atoms with Crippen molar-refractivity contribution in [2.45, 2.75) is 37.9 Å². The van der Waals surface area contributed by atoms with E-state index in [0.29, 0.717) is 17.2 Å². The van der Waals surface area contributed by atoms with E-state index in [-0.39, 0.29) is 0 Å². The number of thiophene rings is 1. The first-order valence-electron chi connectivity index (χ1n) is 7.02. The van der Waals surface area contributed by atoms with Crippen molar-refractivity contribution in [2.75, 3.05) is 13.6 Å². The van der Waals surface area contributed by atoms with Gasteiger partial charge in [-0.3, -0.25) is 4.68 Å². The van der Waals surface area contributed by atoms with E-state index in [1.807, 2.05) is 18.5 Å². The number of rotatable bonds is 6. The summed E-state index contributed by atoms with van der Waals surface area (Å²) in [5.74, 6) is 0. The van der Waals surface area contributed by atoms with Gasteiger partial charge in [-0.2, -0.15) is 9.40 Å². The number of halogens is 1. The maximum absolute atomic E-state index is 12.5. The number of aryl methyl sites for hydroxylation is 2. The van der Waals surface area contributed by atoms with Crippen LogP contribution in [0.5, 0.6) is 0 Å². The molecule has 0 unspecified atom stereocenters. The molecule has 2 aromatic heterocycles. The van der Waals surface area contributed by atoms with Gasteiger partial charge >= 0.3 is 0 Å². The van der Waals surface area contributed by atoms with E-state index >= 15 is 0 Å². The van der Waals surface area contributed by atoms with Gasteiger partial charge in [-0.05, 0) is 60.8 Å². The Hall–Kier alpha value is -0.700. The lowest BCUT2D eigenvalue weighted by Crippen LogP contribution is -2.28. The van der Waals surface area contributed by atoms with E-state index in [4.69, 9.17) is 0 Å². The third-order valence-corrected chi connectivity index (χ3v) is 7.67. The topological polar surface area (TPSA) is 55.2 Å². The molecule has 0 atom stereocenters. The molecule has 8 heteroatoms. The molecule has 0 bridgehead atoms. The Morgan fingerprint density at radius 2 is 2.05 bits per heavy atom. The van der Waals surface area contributed by atoms with Crippen LogP contribution in [0.3, 0.4) is 0 Å². The molecule has 0 saturated carbocycles. The monoisotopic (exact) mass is 405 g/mol. The molecule has 2 aromatic rings. The Labute approximate surface area is 144 Å². The molecule has 0 aliphatic carbocycles. The molecule has 0 amide bonds. The second-order valence-electron chi connectivity index (χ2n) is 5.10. The van der Waals surface area contributed by atoms with Gasteiger partial charge in [0, 0.05) is 25.8 Å². The highest BCUT2D eigenvalue weighted by Gasteiger charge is 2.23. The Morgan fingerprint density at radius 1 is 1.36 bits per heavy atom. The minimum Gasteiger partial charge on any atom is -0.270 e. The van der Waals surface area contributed by atoms with Crippen LogP contribution in [0.1, 0.15) is 23.9 Å². The highest BCUT2D eigenvalue weighted by molar-refractivity contribution is 9.11. The Balaban J connectivity index is 2.13. The van der Waals surface area contributed by atoms with Crippen molar-refractivity contribution in [1.29, 1.82) is 0 Å². The van der Waals surface area contributed by atoms with E-state index < -0.39 is 10.0 Å². The van der Waals surface area contributed by atoms with Crippen LogP contribution < -0.4 is 0 Å². The summed E-state index contributed by atoms with van der Waals surface area (Å²) in [6.45, 7) is 7.32. The highest BCUT2D eigenvalue weighted by Crippen LogP contribution is 2.28. The molecule has 0 aliphatic rings. The minimum absolute atomic E-state index is 0.361. The van der Waals surface area contributed by atoms with E-state index in [1.54, 1.807) is 19.2 Å². The molecule has 122 valence electrons. The van der Waals surface area contributed by atoms with E-state index in [2.05, 4.69) is 28.0 Å². The fourth-order valence-electron chi connectivity index (χ4n) is 2.38. The van der Waals surface area contributed by atoms with E-state index in [9.17, 15) is 8.42 Å². The quantitative estimate of drug-likeness (QED) is 0.740. The normalized spacial score (nSPS) is 12.3. The maximum Gasteiger partial charge on any atom is 0.252 e. The predicted molar refractivity (Wildman–Crippen MR) is 92.9 cm³/mol. The summed E-state index contributed by atoms with van der Waals surface area (Å²) in [5, 5.41) is 4.47. The molecule has 22 heavy (non-hydrogen) atoms. The largest absolute Gasteiger partial charge is 0.270 e. The number of likely N-dealkylation sites (N-methyl/N-ethyl adjacent to an activating group) is 1. The SMILES string of the molecule is CCn1nc(C)c(CCN(C)S(=O)(=O)c2ccc(Br)s2)c1C. The molecule has 0 saturated heterocycles. The lowest BCUT2D eigenvalue weighted by Gasteiger charge is -2.16. The first-order chi connectivity index (χ1) is 10.3. The van der Waals surface area contributed by atoms with Gasteiger partial charge in [-0.1, -0.05) is 0 Å². The van der Waals surface area contributed by atoms with Crippen molar-refractivity contribution in [1.82, 2.24) is 14.1 Å². The molecule has 0 fully saturated rings. The zero-order valence-electron chi connectivity index (χ0n) is 13.1. The Kier molecular flexibility index (Phi) is 5.47. The minimum atomic E-state index is -3.42. The third kappa shape index (κ3) is 3.45. The average molecular weight is 406 g/mol. The molecule has 0 spiro atoms. The van der Waals surface area contributed by atoms with Gasteiger partial charge in [0.2, 0.25) is 0 Å². The number of hydrogen-bond donors (Lipinski definition) is 0. The standard InChI is InChI=1S/C14H20BrN3O2S2/c1-5-18-11(3)12(10(2)16-18)8-9-17(4)22(19,20)14-7-6-13(15)21-14/h6-7H,5,8-9H2,1-4H3. The van der Waals surface area contributed by atoms with Crippen LogP contribution in [0.15, 0.2) is 20.1 Å². The van der Waals surface area contributed by atoms with Gasteiger partial charge in [0.05, 0.1) is 9.48 Å². The second-order valence-corrected chi connectivity index (χ2v) is 9.83. The zero-order valence-corrected chi connectivity index (χ0v) is 16.3. The lowest BCUT2D eigenvalue weighted by molar-refractivity contribution is 0.473. The molecule has 0 radical (unpaired) electrons. The number of hydrogen-bond acceptors (Lipinski definition) is 4. The van der Waals surface area contributed by atoms with Crippen molar-refractivity contribution in [3.63, 3.8) is 0 Å². The summed E-state index contributed by atoms with van der Waals surface area (Å²) >= 11 is 4.53. The van der Waals surface area contributed by atoms with Crippen molar-refractivity contribution in [2.24, 2.45) is 0 Å². The summed E-state index contributed by atoms with van der Waals surface area (Å²) in [4.78, 5) is 0. The second kappa shape index (κ2) is 6.82. The number of sulfonamides is 1. The first kappa shape index (κ1) is 17.7. The van der Waals surface area contributed by atoms with Crippen molar-refractivity contribution in [3.05, 3.63) is 32.9 Å². The fraction of sp³-hybridized carbons (Fsp3) is 0.500. The number of nitrogens with zero attached hydrogens (tertiary/aromatic N) is 3. The van der Waals surface area contributed by atoms with Gasteiger partial charge in [0.1, 0.15) is 4.21 Å². The van der Waals surface area contributed by atoms with Gasteiger partial charge in [-0.15, -0.1) is 11.3 Å². The van der Waals surface area contributed by atoms with Gasteiger partial charge in [0.25, 0.3) is 10.0 Å². The van der Waals surface area contributed by atoms with Crippen molar-refractivity contribution in [3.8, 4) is 0 Å². The van der Waals surface area contributed by atoms with Gasteiger partial charge < -0.3 is 0 Å². The van der Waals surface area contributed by atoms with E-state index in [0.717, 1.165) is 27.3 Å². The van der Waals surface area contributed by atoms with Crippen LogP contribution in [0.25, 0.3) is 0 Å². The molecular formula is C14H20BrN3O2S2. The summed E-state index contributed by atoms with van der Waals surface area (Å²) < 4.78 is 29.5. The van der Waals surface area contributed by atoms with Crippen LogP contribution in [0.2, 0.25) is 0 Å². The molecule has 0 aliphatic heterocycles. The summed E-state index contributed by atoms with van der Waals surface area (Å²) in [6.07, 6.45) is 0.667. The summed E-state index contributed by atoms with van der Waals surface area (Å²) in [7, 11) is -1.80. The van der Waals surface area contributed by atoms with Crippen molar-refractivity contribution < 1.29 is 8.42 Å². The van der Waals surface area contributed by atoms with Gasteiger partial charge in [0.15, 0.2) is 0 Å². The molecule has 0 aromatic carbocycles. The zero-order chi connectivity index (χ0) is 16.5. The molecule has 0 N–H and O–H groups in total. The first-order valence-corrected chi connectivity index (χ1v) is 10.1. The molecule has 2 heterocycles.